The third kappa shape index (κ3) is 4.23. The fraction of sp³-hybridized carbons (Fsp3) is 0.923. The van der Waals surface area contributed by atoms with Crippen molar-refractivity contribution < 1.29 is 9.53 Å². The summed E-state index contributed by atoms with van der Waals surface area (Å²) in [4.78, 5) is 13.8. The number of nitrogens with two attached hydrogens (primary N) is 2. The van der Waals surface area contributed by atoms with Crippen LogP contribution in [-0.2, 0) is 9.53 Å². The summed E-state index contributed by atoms with van der Waals surface area (Å²) in [7, 11) is 1.81. The second-order valence-corrected chi connectivity index (χ2v) is 5.52. The molecule has 1 heterocycles. The minimum absolute atomic E-state index is 0.0465. The number of nitrogens with zero attached hydrogens (tertiary/aromatic N) is 1. The van der Waals surface area contributed by atoms with Crippen LogP contribution in [0.25, 0.3) is 0 Å². The first kappa shape index (κ1) is 15.4. The first-order valence-corrected chi connectivity index (χ1v) is 6.81. The molecule has 3 atom stereocenters. The second kappa shape index (κ2) is 7.07. The van der Waals surface area contributed by atoms with Gasteiger partial charge in [0.05, 0.1) is 6.10 Å². The van der Waals surface area contributed by atoms with E-state index in [2.05, 4.69) is 13.8 Å². The lowest BCUT2D eigenvalue weighted by Gasteiger charge is -2.24. The van der Waals surface area contributed by atoms with E-state index in [4.69, 9.17) is 16.2 Å². The predicted molar refractivity (Wildman–Crippen MR) is 72.0 cm³/mol. The highest BCUT2D eigenvalue weighted by Crippen LogP contribution is 2.20. The molecule has 0 aromatic heterocycles. The average Bonchev–Trinajstić information content (AvgIpc) is 2.82. The zero-order valence-electron chi connectivity index (χ0n) is 11.8. The summed E-state index contributed by atoms with van der Waals surface area (Å²) in [5.74, 6) is 0.500. The lowest BCUT2D eigenvalue weighted by molar-refractivity contribution is -0.141. The largest absolute Gasteiger partial charge is 0.364 e. The summed E-state index contributed by atoms with van der Waals surface area (Å²) < 4.78 is 5.60. The van der Waals surface area contributed by atoms with E-state index >= 15 is 0 Å². The number of ether oxygens (including phenoxy) is 1. The van der Waals surface area contributed by atoms with Gasteiger partial charge in [0.15, 0.2) is 0 Å². The molecule has 0 aromatic carbocycles. The van der Waals surface area contributed by atoms with Crippen molar-refractivity contribution in [3.63, 3.8) is 0 Å². The number of hydrogen-bond acceptors (Lipinski definition) is 4. The maximum absolute atomic E-state index is 12.1. The van der Waals surface area contributed by atoms with Gasteiger partial charge >= 0.3 is 0 Å². The van der Waals surface area contributed by atoms with E-state index in [-0.39, 0.29) is 24.2 Å². The summed E-state index contributed by atoms with van der Waals surface area (Å²) in [5.41, 5.74) is 11.5. The Balaban J connectivity index is 2.33. The number of carbonyl (C=O) groups excluding carboxylic acids is 1. The number of likely N-dealkylation sites (N-methyl/N-ethyl adjacent to an activating group) is 1. The van der Waals surface area contributed by atoms with Gasteiger partial charge in [0.2, 0.25) is 0 Å². The lowest BCUT2D eigenvalue weighted by atomic mass is 10.0. The molecule has 4 N–H and O–H groups in total. The Labute approximate surface area is 110 Å². The van der Waals surface area contributed by atoms with Crippen LogP contribution in [0.2, 0.25) is 0 Å². The number of hydrogen-bond donors (Lipinski definition) is 2. The molecule has 5 heteroatoms. The molecule has 0 saturated carbocycles. The van der Waals surface area contributed by atoms with Crippen LogP contribution in [0.1, 0.15) is 33.1 Å². The van der Waals surface area contributed by atoms with Crippen LogP contribution in [0.15, 0.2) is 0 Å². The fourth-order valence-electron chi connectivity index (χ4n) is 2.09. The quantitative estimate of drug-likeness (QED) is 0.718. The van der Waals surface area contributed by atoms with Crippen molar-refractivity contribution in [1.29, 1.82) is 0 Å². The highest BCUT2D eigenvalue weighted by atomic mass is 16.5. The van der Waals surface area contributed by atoms with Gasteiger partial charge in [-0.25, -0.2) is 0 Å². The van der Waals surface area contributed by atoms with Gasteiger partial charge in [-0.2, -0.15) is 0 Å². The van der Waals surface area contributed by atoms with E-state index < -0.39 is 0 Å². The van der Waals surface area contributed by atoms with Crippen molar-refractivity contribution in [2.45, 2.75) is 51.4 Å². The Morgan fingerprint density at radius 2 is 2.11 bits per heavy atom. The summed E-state index contributed by atoms with van der Waals surface area (Å²) >= 11 is 0. The topological polar surface area (TPSA) is 81.6 Å². The van der Waals surface area contributed by atoms with Gasteiger partial charge in [-0.05, 0) is 25.2 Å². The van der Waals surface area contributed by atoms with Crippen LogP contribution in [-0.4, -0.2) is 49.2 Å². The van der Waals surface area contributed by atoms with Crippen molar-refractivity contribution >= 4 is 5.91 Å². The van der Waals surface area contributed by atoms with Crippen molar-refractivity contribution in [3.8, 4) is 0 Å². The summed E-state index contributed by atoms with van der Waals surface area (Å²) in [6.07, 6.45) is 2.23. The van der Waals surface area contributed by atoms with Crippen molar-refractivity contribution in [2.24, 2.45) is 17.4 Å². The van der Waals surface area contributed by atoms with E-state index in [0.717, 1.165) is 19.3 Å². The van der Waals surface area contributed by atoms with Crippen LogP contribution < -0.4 is 11.5 Å². The SMILES string of the molecule is CC(C)C(N)CCN(C)C(=O)[C@@H]1CC[C@H](CN)O1. The van der Waals surface area contributed by atoms with Crippen LogP contribution in [0.3, 0.4) is 0 Å². The molecule has 1 fully saturated rings. The zero-order chi connectivity index (χ0) is 13.7. The smallest absolute Gasteiger partial charge is 0.251 e. The molecule has 0 spiro atoms. The van der Waals surface area contributed by atoms with E-state index in [1.54, 1.807) is 4.90 Å². The van der Waals surface area contributed by atoms with Gasteiger partial charge in [0, 0.05) is 26.2 Å². The molecule has 1 aliphatic rings. The summed E-state index contributed by atoms with van der Waals surface area (Å²) in [6.45, 7) is 5.37. The molecule has 1 unspecified atom stereocenters. The molecule has 18 heavy (non-hydrogen) atoms. The van der Waals surface area contributed by atoms with E-state index in [1.807, 2.05) is 7.05 Å². The predicted octanol–water partition coefficient (Wildman–Crippen LogP) is 0.325. The second-order valence-electron chi connectivity index (χ2n) is 5.52. The molecule has 106 valence electrons. The van der Waals surface area contributed by atoms with Gasteiger partial charge in [0.25, 0.3) is 5.91 Å². The lowest BCUT2D eigenvalue weighted by Crippen LogP contribution is -2.40. The maximum atomic E-state index is 12.1. The molecule has 0 aliphatic carbocycles. The van der Waals surface area contributed by atoms with Crippen LogP contribution in [0, 0.1) is 5.92 Å². The van der Waals surface area contributed by atoms with Gasteiger partial charge < -0.3 is 21.1 Å². The first-order chi connectivity index (χ1) is 8.45. The third-order valence-electron chi connectivity index (χ3n) is 3.68. The van der Waals surface area contributed by atoms with Gasteiger partial charge in [0.1, 0.15) is 6.10 Å². The summed E-state index contributed by atoms with van der Waals surface area (Å²) in [5, 5.41) is 0. The van der Waals surface area contributed by atoms with Gasteiger partial charge in [-0.3, -0.25) is 4.79 Å². The number of amides is 1. The molecule has 0 aromatic rings. The Morgan fingerprint density at radius 1 is 1.44 bits per heavy atom. The molecular formula is C13H27N3O2. The molecular weight excluding hydrogens is 230 g/mol. The van der Waals surface area contributed by atoms with Crippen molar-refractivity contribution in [1.82, 2.24) is 4.90 Å². The Morgan fingerprint density at radius 3 is 2.61 bits per heavy atom. The van der Waals surface area contributed by atoms with Crippen LogP contribution in [0.4, 0.5) is 0 Å². The molecule has 0 bridgehead atoms. The van der Waals surface area contributed by atoms with E-state index in [1.165, 1.54) is 0 Å². The van der Waals surface area contributed by atoms with Crippen LogP contribution >= 0.6 is 0 Å². The Hall–Kier alpha value is -0.650. The highest BCUT2D eigenvalue weighted by Gasteiger charge is 2.31. The minimum Gasteiger partial charge on any atom is -0.364 e. The molecule has 1 saturated heterocycles. The van der Waals surface area contributed by atoms with Crippen molar-refractivity contribution in [3.05, 3.63) is 0 Å². The normalized spacial score (nSPS) is 25.4. The molecule has 1 aliphatic heterocycles. The van der Waals surface area contributed by atoms with E-state index in [9.17, 15) is 4.79 Å². The molecule has 5 nitrogen and oxygen atoms in total. The van der Waals surface area contributed by atoms with Gasteiger partial charge in [-0.1, -0.05) is 13.8 Å². The number of carbonyl (C=O) groups is 1. The first-order valence-electron chi connectivity index (χ1n) is 6.81. The van der Waals surface area contributed by atoms with Crippen LogP contribution in [0.5, 0.6) is 0 Å². The molecule has 1 amide bonds. The Kier molecular flexibility index (Phi) is 6.05. The Bertz CT molecular complexity index is 271. The maximum Gasteiger partial charge on any atom is 0.251 e. The van der Waals surface area contributed by atoms with E-state index in [0.29, 0.717) is 19.0 Å². The average molecular weight is 257 g/mol. The monoisotopic (exact) mass is 257 g/mol. The minimum atomic E-state index is -0.307. The highest BCUT2D eigenvalue weighted by molar-refractivity contribution is 5.80. The third-order valence-corrected chi connectivity index (χ3v) is 3.68. The molecule has 0 radical (unpaired) electrons. The zero-order valence-corrected chi connectivity index (χ0v) is 11.8. The molecule has 1 rings (SSSR count). The summed E-state index contributed by atoms with van der Waals surface area (Å²) in [6, 6.07) is 0.140. The number of rotatable bonds is 6. The van der Waals surface area contributed by atoms with Gasteiger partial charge in [-0.15, -0.1) is 0 Å². The fourth-order valence-corrected chi connectivity index (χ4v) is 2.09. The standard InChI is InChI=1S/C13H27N3O2/c1-9(2)11(15)6-7-16(3)13(17)12-5-4-10(8-14)18-12/h9-12H,4-8,14-15H2,1-3H3/t10-,11?,12+/m1/s1. The van der Waals surface area contributed by atoms with Crippen molar-refractivity contribution in [2.75, 3.05) is 20.1 Å².